The van der Waals surface area contributed by atoms with Crippen molar-refractivity contribution in [1.82, 2.24) is 4.90 Å². The molecule has 19 heavy (non-hydrogen) atoms. The van der Waals surface area contributed by atoms with Crippen molar-refractivity contribution in [2.24, 2.45) is 5.73 Å². The number of primary amides is 1. The van der Waals surface area contributed by atoms with Gasteiger partial charge in [-0.05, 0) is 35.6 Å². The highest BCUT2D eigenvalue weighted by Crippen LogP contribution is 2.21. The van der Waals surface area contributed by atoms with E-state index in [0.717, 1.165) is 0 Å². The lowest BCUT2D eigenvalue weighted by atomic mass is 10.1. The number of rotatable bonds is 5. The number of halogens is 1. The summed E-state index contributed by atoms with van der Waals surface area (Å²) >= 11 is 1.91. The standard InChI is InChI=1S/C11H12IN3O4/c1-2-14(6-10(13)16)11(17)8-5-7(15(18)19)3-4-9(8)12/h3-5H,2,6H2,1H3,(H2,13,16). The molecule has 0 atom stereocenters. The average molecular weight is 377 g/mol. The first-order valence-electron chi connectivity index (χ1n) is 5.38. The third-order valence-corrected chi connectivity index (χ3v) is 3.35. The maximum atomic E-state index is 12.2. The second kappa shape index (κ2) is 6.45. The lowest BCUT2D eigenvalue weighted by Crippen LogP contribution is -2.38. The van der Waals surface area contributed by atoms with E-state index >= 15 is 0 Å². The highest BCUT2D eigenvalue weighted by Gasteiger charge is 2.21. The second-order valence-electron chi connectivity index (χ2n) is 3.71. The van der Waals surface area contributed by atoms with Gasteiger partial charge in [-0.2, -0.15) is 0 Å². The van der Waals surface area contributed by atoms with Crippen LogP contribution in [0.25, 0.3) is 0 Å². The van der Waals surface area contributed by atoms with E-state index in [1.54, 1.807) is 6.92 Å². The van der Waals surface area contributed by atoms with Gasteiger partial charge in [-0.1, -0.05) is 0 Å². The molecule has 0 spiro atoms. The zero-order chi connectivity index (χ0) is 14.6. The summed E-state index contributed by atoms with van der Waals surface area (Å²) in [5.41, 5.74) is 5.08. The molecule has 8 heteroatoms. The minimum atomic E-state index is -0.629. The Labute approximate surface area is 123 Å². The number of benzene rings is 1. The van der Waals surface area contributed by atoms with Crippen molar-refractivity contribution in [3.63, 3.8) is 0 Å². The first-order valence-corrected chi connectivity index (χ1v) is 6.46. The first kappa shape index (κ1) is 15.3. The molecule has 0 bridgehead atoms. The summed E-state index contributed by atoms with van der Waals surface area (Å²) in [6, 6.07) is 4.01. The lowest BCUT2D eigenvalue weighted by molar-refractivity contribution is -0.384. The number of nitro groups is 1. The predicted octanol–water partition coefficient (Wildman–Crippen LogP) is 1.15. The van der Waals surface area contributed by atoms with Crippen LogP contribution in [0.1, 0.15) is 17.3 Å². The van der Waals surface area contributed by atoms with Gasteiger partial charge in [0.05, 0.1) is 17.0 Å². The van der Waals surface area contributed by atoms with E-state index in [0.29, 0.717) is 10.1 Å². The number of hydrogen-bond acceptors (Lipinski definition) is 4. The highest BCUT2D eigenvalue weighted by molar-refractivity contribution is 14.1. The number of nitrogens with zero attached hydrogens (tertiary/aromatic N) is 2. The Hall–Kier alpha value is -1.71. The number of hydrogen-bond donors (Lipinski definition) is 1. The fourth-order valence-corrected chi connectivity index (χ4v) is 2.04. The van der Waals surface area contributed by atoms with Crippen LogP contribution in [0.2, 0.25) is 0 Å². The second-order valence-corrected chi connectivity index (χ2v) is 4.87. The van der Waals surface area contributed by atoms with Gasteiger partial charge in [0.25, 0.3) is 11.6 Å². The van der Waals surface area contributed by atoms with Gasteiger partial charge in [-0.3, -0.25) is 19.7 Å². The van der Waals surface area contributed by atoms with Gasteiger partial charge >= 0.3 is 0 Å². The van der Waals surface area contributed by atoms with Crippen molar-refractivity contribution >= 4 is 40.1 Å². The zero-order valence-electron chi connectivity index (χ0n) is 10.1. The Morgan fingerprint density at radius 2 is 2.11 bits per heavy atom. The predicted molar refractivity (Wildman–Crippen MR) is 76.6 cm³/mol. The molecule has 7 nitrogen and oxygen atoms in total. The molecular weight excluding hydrogens is 365 g/mol. The average Bonchev–Trinajstić information content (AvgIpc) is 2.35. The summed E-state index contributed by atoms with van der Waals surface area (Å²) in [4.78, 5) is 34.5. The van der Waals surface area contributed by atoms with Crippen molar-refractivity contribution in [1.29, 1.82) is 0 Å². The number of amides is 2. The van der Waals surface area contributed by atoms with Crippen molar-refractivity contribution in [2.45, 2.75) is 6.92 Å². The number of carbonyl (C=O) groups excluding carboxylic acids is 2. The number of nitrogens with two attached hydrogens (primary N) is 1. The topological polar surface area (TPSA) is 107 Å². The Morgan fingerprint density at radius 3 is 2.58 bits per heavy atom. The van der Waals surface area contributed by atoms with E-state index in [-0.39, 0.29) is 17.8 Å². The maximum Gasteiger partial charge on any atom is 0.270 e. The van der Waals surface area contributed by atoms with E-state index in [4.69, 9.17) is 5.73 Å². The summed E-state index contributed by atoms with van der Waals surface area (Å²) in [6.45, 7) is 1.78. The van der Waals surface area contributed by atoms with Crippen LogP contribution < -0.4 is 5.73 Å². The molecule has 2 amide bonds. The SMILES string of the molecule is CCN(CC(N)=O)C(=O)c1cc([N+](=O)[O-])ccc1I. The van der Waals surface area contributed by atoms with Gasteiger partial charge in [0.2, 0.25) is 5.91 Å². The summed E-state index contributed by atoms with van der Waals surface area (Å²) < 4.78 is 0.580. The Bertz CT molecular complexity index is 533. The van der Waals surface area contributed by atoms with Gasteiger partial charge in [0.1, 0.15) is 0 Å². The van der Waals surface area contributed by atoms with Gasteiger partial charge in [0, 0.05) is 22.2 Å². The van der Waals surface area contributed by atoms with Crippen molar-refractivity contribution in [3.05, 3.63) is 37.4 Å². The fraction of sp³-hybridized carbons (Fsp3) is 0.273. The molecule has 2 N–H and O–H groups in total. The summed E-state index contributed by atoms with van der Waals surface area (Å²) in [5.74, 6) is -1.08. The molecule has 0 unspecified atom stereocenters. The molecule has 1 aromatic carbocycles. The van der Waals surface area contributed by atoms with Crippen molar-refractivity contribution < 1.29 is 14.5 Å². The summed E-state index contributed by atoms with van der Waals surface area (Å²) in [7, 11) is 0. The lowest BCUT2D eigenvalue weighted by Gasteiger charge is -2.19. The molecule has 0 saturated heterocycles. The van der Waals surface area contributed by atoms with Crippen LogP contribution in [-0.2, 0) is 4.79 Å². The fourth-order valence-electron chi connectivity index (χ4n) is 1.48. The third-order valence-electron chi connectivity index (χ3n) is 2.41. The van der Waals surface area contributed by atoms with Gasteiger partial charge in [0.15, 0.2) is 0 Å². The molecular formula is C11H12IN3O4. The van der Waals surface area contributed by atoms with Crippen LogP contribution in [0.3, 0.4) is 0 Å². The van der Waals surface area contributed by atoms with E-state index in [1.165, 1.54) is 23.1 Å². The number of non-ortho nitro benzene ring substituents is 1. The largest absolute Gasteiger partial charge is 0.368 e. The Balaban J connectivity index is 3.13. The molecule has 0 heterocycles. The summed E-state index contributed by atoms with van der Waals surface area (Å²) in [5, 5.41) is 10.7. The molecule has 102 valence electrons. The molecule has 0 fully saturated rings. The minimum absolute atomic E-state index is 0.168. The zero-order valence-corrected chi connectivity index (χ0v) is 12.3. The van der Waals surface area contributed by atoms with Crippen molar-refractivity contribution in [3.8, 4) is 0 Å². The van der Waals surface area contributed by atoms with Crippen molar-refractivity contribution in [2.75, 3.05) is 13.1 Å². The van der Waals surface area contributed by atoms with E-state index < -0.39 is 16.7 Å². The molecule has 1 rings (SSSR count). The number of likely N-dealkylation sites (N-methyl/N-ethyl adjacent to an activating group) is 1. The van der Waals surface area contributed by atoms with E-state index in [2.05, 4.69) is 0 Å². The molecule has 0 saturated carbocycles. The normalized spacial score (nSPS) is 10.0. The van der Waals surface area contributed by atoms with Crippen LogP contribution in [0, 0.1) is 13.7 Å². The molecule has 0 aliphatic rings. The Kier molecular flexibility index (Phi) is 5.21. The van der Waals surface area contributed by atoms with Crippen LogP contribution >= 0.6 is 22.6 Å². The smallest absolute Gasteiger partial charge is 0.270 e. The number of nitro benzene ring substituents is 1. The monoisotopic (exact) mass is 377 g/mol. The van der Waals surface area contributed by atoms with Gasteiger partial charge in [-0.15, -0.1) is 0 Å². The molecule has 1 aromatic rings. The molecule has 0 aliphatic heterocycles. The van der Waals surface area contributed by atoms with Crippen LogP contribution in [-0.4, -0.2) is 34.7 Å². The quantitative estimate of drug-likeness (QED) is 0.472. The number of carbonyl (C=O) groups is 2. The van der Waals surface area contributed by atoms with Crippen LogP contribution in [0.15, 0.2) is 18.2 Å². The highest BCUT2D eigenvalue weighted by atomic mass is 127. The maximum absolute atomic E-state index is 12.2. The Morgan fingerprint density at radius 1 is 1.47 bits per heavy atom. The van der Waals surface area contributed by atoms with Crippen LogP contribution in [0.4, 0.5) is 5.69 Å². The third kappa shape index (κ3) is 3.88. The first-order chi connectivity index (χ1) is 8.86. The minimum Gasteiger partial charge on any atom is -0.368 e. The van der Waals surface area contributed by atoms with E-state index in [9.17, 15) is 19.7 Å². The van der Waals surface area contributed by atoms with E-state index in [1.807, 2.05) is 22.6 Å². The molecule has 0 radical (unpaired) electrons. The molecule has 0 aromatic heterocycles. The van der Waals surface area contributed by atoms with Crippen LogP contribution in [0.5, 0.6) is 0 Å². The summed E-state index contributed by atoms with van der Waals surface area (Å²) in [6.07, 6.45) is 0. The van der Waals surface area contributed by atoms with Gasteiger partial charge < -0.3 is 10.6 Å². The van der Waals surface area contributed by atoms with Gasteiger partial charge in [-0.25, -0.2) is 0 Å². The molecule has 0 aliphatic carbocycles.